The van der Waals surface area contributed by atoms with Crippen molar-refractivity contribution < 1.29 is 8.42 Å². The van der Waals surface area contributed by atoms with E-state index in [-0.39, 0.29) is 5.75 Å². The average molecular weight is 331 g/mol. The number of rotatable bonds is 5. The van der Waals surface area contributed by atoms with Crippen LogP contribution in [0.1, 0.15) is 13.3 Å². The van der Waals surface area contributed by atoms with Gasteiger partial charge in [0.05, 0.1) is 5.75 Å². The molecule has 0 aromatic heterocycles. The zero-order chi connectivity index (χ0) is 15.5. The van der Waals surface area contributed by atoms with Crippen LogP contribution in [0, 0.1) is 0 Å². The molecular formula is C15H23ClN2O2S. The molecule has 0 radical (unpaired) electrons. The lowest BCUT2D eigenvalue weighted by Crippen LogP contribution is -2.52. The zero-order valence-corrected chi connectivity index (χ0v) is 14.2. The first-order valence-electron chi connectivity index (χ1n) is 7.27. The molecule has 1 atom stereocenters. The van der Waals surface area contributed by atoms with Gasteiger partial charge in [-0.25, -0.2) is 8.42 Å². The first-order chi connectivity index (χ1) is 9.85. The number of hydrogen-bond acceptors (Lipinski definition) is 4. The number of hydrogen-bond donors (Lipinski definition) is 0. The van der Waals surface area contributed by atoms with Gasteiger partial charge >= 0.3 is 0 Å². The van der Waals surface area contributed by atoms with E-state index < -0.39 is 9.84 Å². The van der Waals surface area contributed by atoms with Gasteiger partial charge in [0, 0.05) is 42.6 Å². The second-order valence-corrected chi connectivity index (χ2v) is 8.49. The van der Waals surface area contributed by atoms with E-state index in [4.69, 9.17) is 11.6 Å². The number of halogens is 1. The maximum absolute atomic E-state index is 11.2. The number of sulfone groups is 1. The summed E-state index contributed by atoms with van der Waals surface area (Å²) in [6, 6.07) is 8.35. The number of piperazine rings is 1. The first kappa shape index (κ1) is 16.6. The van der Waals surface area contributed by atoms with Crippen molar-refractivity contribution in [1.82, 2.24) is 4.90 Å². The van der Waals surface area contributed by atoms with Crippen molar-refractivity contribution in [2.45, 2.75) is 19.4 Å². The van der Waals surface area contributed by atoms with Crippen LogP contribution in [-0.4, -0.2) is 57.5 Å². The second-order valence-electron chi connectivity index (χ2n) is 5.79. The van der Waals surface area contributed by atoms with Gasteiger partial charge < -0.3 is 4.90 Å². The van der Waals surface area contributed by atoms with E-state index in [1.807, 2.05) is 18.2 Å². The monoisotopic (exact) mass is 330 g/mol. The first-order valence-corrected chi connectivity index (χ1v) is 9.71. The van der Waals surface area contributed by atoms with Crippen LogP contribution in [0.5, 0.6) is 0 Å². The standard InChI is InChI=1S/C15H23ClN2O2S/c1-13-12-18(15-6-3-5-14(16)11-15)9-8-17(13)7-4-10-21(2,19)20/h3,5-6,11,13H,4,7-10,12H2,1-2H3/t13-/m0/s1. The summed E-state index contributed by atoms with van der Waals surface area (Å²) in [4.78, 5) is 4.70. The fourth-order valence-corrected chi connectivity index (χ4v) is 3.60. The van der Waals surface area contributed by atoms with E-state index in [0.29, 0.717) is 12.5 Å². The van der Waals surface area contributed by atoms with E-state index in [1.165, 1.54) is 6.26 Å². The molecule has 1 saturated heterocycles. The number of benzene rings is 1. The molecule has 1 aliphatic heterocycles. The molecule has 0 unspecified atom stereocenters. The maximum Gasteiger partial charge on any atom is 0.147 e. The van der Waals surface area contributed by atoms with Gasteiger partial charge in [0.2, 0.25) is 0 Å². The van der Waals surface area contributed by atoms with E-state index in [9.17, 15) is 8.42 Å². The van der Waals surface area contributed by atoms with Crippen LogP contribution < -0.4 is 4.90 Å². The van der Waals surface area contributed by atoms with E-state index >= 15 is 0 Å². The molecule has 1 aromatic rings. The minimum atomic E-state index is -2.85. The lowest BCUT2D eigenvalue weighted by atomic mass is 10.1. The predicted molar refractivity (Wildman–Crippen MR) is 89.0 cm³/mol. The Morgan fingerprint density at radius 3 is 2.71 bits per heavy atom. The van der Waals surface area contributed by atoms with Crippen molar-refractivity contribution in [3.63, 3.8) is 0 Å². The van der Waals surface area contributed by atoms with Gasteiger partial charge in [0.25, 0.3) is 0 Å². The summed E-state index contributed by atoms with van der Waals surface area (Å²) in [6.45, 7) is 5.88. The Morgan fingerprint density at radius 2 is 2.10 bits per heavy atom. The van der Waals surface area contributed by atoms with Crippen LogP contribution >= 0.6 is 11.6 Å². The number of nitrogens with zero attached hydrogens (tertiary/aromatic N) is 2. The number of anilines is 1. The fraction of sp³-hybridized carbons (Fsp3) is 0.600. The van der Waals surface area contributed by atoms with Crippen LogP contribution in [0.15, 0.2) is 24.3 Å². The van der Waals surface area contributed by atoms with Gasteiger partial charge in [-0.1, -0.05) is 17.7 Å². The van der Waals surface area contributed by atoms with Crippen molar-refractivity contribution in [3.05, 3.63) is 29.3 Å². The summed E-state index contributed by atoms with van der Waals surface area (Å²) in [6.07, 6.45) is 2.01. The topological polar surface area (TPSA) is 40.6 Å². The molecule has 1 aromatic carbocycles. The van der Waals surface area contributed by atoms with Crippen LogP contribution in [0.4, 0.5) is 5.69 Å². The fourth-order valence-electron chi connectivity index (χ4n) is 2.76. The highest BCUT2D eigenvalue weighted by Crippen LogP contribution is 2.22. The molecule has 4 nitrogen and oxygen atoms in total. The summed E-state index contributed by atoms with van der Waals surface area (Å²) < 4.78 is 22.4. The Kier molecular flexibility index (Phi) is 5.52. The summed E-state index contributed by atoms with van der Waals surface area (Å²) in [7, 11) is -2.85. The molecule has 21 heavy (non-hydrogen) atoms. The minimum absolute atomic E-state index is 0.272. The van der Waals surface area contributed by atoms with Crippen molar-refractivity contribution in [2.75, 3.05) is 43.1 Å². The largest absolute Gasteiger partial charge is 0.369 e. The zero-order valence-electron chi connectivity index (χ0n) is 12.6. The van der Waals surface area contributed by atoms with Crippen molar-refractivity contribution in [2.24, 2.45) is 0 Å². The Bertz CT molecular complexity index is 577. The van der Waals surface area contributed by atoms with Crippen LogP contribution in [0.3, 0.4) is 0 Å². The molecule has 0 spiro atoms. The van der Waals surface area contributed by atoms with Crippen molar-refractivity contribution >= 4 is 27.1 Å². The molecular weight excluding hydrogens is 308 g/mol. The quantitative estimate of drug-likeness (QED) is 0.830. The summed E-state index contributed by atoms with van der Waals surface area (Å²) in [5.74, 6) is 0.272. The van der Waals surface area contributed by atoms with Crippen LogP contribution in [0.25, 0.3) is 0 Å². The molecule has 6 heteroatoms. The van der Waals surface area contributed by atoms with Gasteiger partial charge in [0.15, 0.2) is 0 Å². The SMILES string of the molecule is C[C@H]1CN(c2cccc(Cl)c2)CCN1CCCS(C)(=O)=O. The lowest BCUT2D eigenvalue weighted by molar-refractivity contribution is 0.190. The Morgan fingerprint density at radius 1 is 1.33 bits per heavy atom. The van der Waals surface area contributed by atoms with E-state index in [1.54, 1.807) is 0 Å². The molecule has 0 bridgehead atoms. The highest BCUT2D eigenvalue weighted by molar-refractivity contribution is 7.90. The normalized spacial score (nSPS) is 20.7. The smallest absolute Gasteiger partial charge is 0.147 e. The van der Waals surface area contributed by atoms with E-state index in [0.717, 1.165) is 36.9 Å². The Balaban J connectivity index is 1.87. The minimum Gasteiger partial charge on any atom is -0.369 e. The van der Waals surface area contributed by atoms with Gasteiger partial charge in [0.1, 0.15) is 9.84 Å². The molecule has 0 saturated carbocycles. The molecule has 118 valence electrons. The van der Waals surface area contributed by atoms with Gasteiger partial charge in [-0.2, -0.15) is 0 Å². The Labute approximate surface area is 132 Å². The highest BCUT2D eigenvalue weighted by Gasteiger charge is 2.23. The average Bonchev–Trinajstić information content (AvgIpc) is 2.39. The van der Waals surface area contributed by atoms with Gasteiger partial charge in [-0.05, 0) is 38.1 Å². The highest BCUT2D eigenvalue weighted by atomic mass is 35.5. The van der Waals surface area contributed by atoms with Gasteiger partial charge in [-0.3, -0.25) is 4.90 Å². The summed E-state index contributed by atoms with van der Waals surface area (Å²) >= 11 is 6.05. The predicted octanol–water partition coefficient (Wildman–Crippen LogP) is 2.29. The molecule has 0 aliphatic carbocycles. The molecule has 1 heterocycles. The molecule has 0 N–H and O–H groups in total. The van der Waals surface area contributed by atoms with Crippen molar-refractivity contribution in [1.29, 1.82) is 0 Å². The third-order valence-corrected chi connectivity index (χ3v) is 5.16. The third-order valence-electron chi connectivity index (χ3n) is 3.90. The third kappa shape index (κ3) is 5.16. The molecule has 1 aliphatic rings. The molecule has 0 amide bonds. The van der Waals surface area contributed by atoms with Crippen LogP contribution in [0.2, 0.25) is 5.02 Å². The summed E-state index contributed by atoms with van der Waals surface area (Å²) in [5.41, 5.74) is 1.16. The summed E-state index contributed by atoms with van der Waals surface area (Å²) in [5, 5.41) is 0.760. The maximum atomic E-state index is 11.2. The Hall–Kier alpha value is -0.780. The van der Waals surface area contributed by atoms with Crippen molar-refractivity contribution in [3.8, 4) is 0 Å². The molecule has 1 fully saturated rings. The second kappa shape index (κ2) is 6.99. The van der Waals surface area contributed by atoms with Crippen LogP contribution in [-0.2, 0) is 9.84 Å². The van der Waals surface area contributed by atoms with E-state index in [2.05, 4.69) is 22.8 Å². The van der Waals surface area contributed by atoms with Gasteiger partial charge in [-0.15, -0.1) is 0 Å². The lowest BCUT2D eigenvalue weighted by Gasteiger charge is -2.41. The molecule has 2 rings (SSSR count).